The molecule has 1 heterocycles. The van der Waals surface area contributed by atoms with Crippen LogP contribution >= 0.6 is 22.6 Å². The molecule has 0 unspecified atom stereocenters. The Morgan fingerprint density at radius 3 is 2.50 bits per heavy atom. The summed E-state index contributed by atoms with van der Waals surface area (Å²) in [5.74, 6) is 1.26. The lowest BCUT2D eigenvalue weighted by Crippen LogP contribution is -2.20. The minimum atomic E-state index is 0.309. The van der Waals surface area contributed by atoms with E-state index in [9.17, 15) is 4.79 Å². The number of rotatable bonds is 2. The fourth-order valence-corrected chi connectivity index (χ4v) is 3.27. The second kappa shape index (κ2) is 4.85. The van der Waals surface area contributed by atoms with Gasteiger partial charge in [-0.15, -0.1) is 0 Å². The molecule has 0 amide bonds. The number of hydrogen-bond donors (Lipinski definition) is 0. The summed E-state index contributed by atoms with van der Waals surface area (Å²) >= 11 is 2.25. The van der Waals surface area contributed by atoms with Gasteiger partial charge in [-0.25, -0.2) is 0 Å². The van der Waals surface area contributed by atoms with Gasteiger partial charge >= 0.3 is 0 Å². The van der Waals surface area contributed by atoms with E-state index in [4.69, 9.17) is 0 Å². The van der Waals surface area contributed by atoms with E-state index in [1.165, 1.54) is 5.69 Å². The van der Waals surface area contributed by atoms with E-state index in [2.05, 4.69) is 33.8 Å². The summed E-state index contributed by atoms with van der Waals surface area (Å²) < 4.78 is 3.05. The molecule has 0 aliphatic heterocycles. The molecule has 1 aliphatic carbocycles. The van der Waals surface area contributed by atoms with Crippen molar-refractivity contribution in [3.8, 4) is 0 Å². The van der Waals surface area contributed by atoms with E-state index >= 15 is 0 Å². The molecule has 0 bridgehead atoms. The highest BCUT2D eigenvalue weighted by molar-refractivity contribution is 14.1. The number of hydrogen-bond acceptors (Lipinski definition) is 2. The van der Waals surface area contributed by atoms with Crippen LogP contribution in [0.25, 0.3) is 0 Å². The number of halogens is 1. The average Bonchev–Trinajstić information content (AvgIpc) is 2.58. The van der Waals surface area contributed by atoms with Crippen LogP contribution in [0.5, 0.6) is 0 Å². The Labute approximate surface area is 110 Å². The molecule has 0 atom stereocenters. The Bertz CT molecular complexity index is 392. The highest BCUT2D eigenvalue weighted by Crippen LogP contribution is 2.36. The molecule has 0 saturated heterocycles. The molecule has 0 spiro atoms. The average molecular weight is 332 g/mol. The lowest BCUT2D eigenvalue weighted by Gasteiger charge is -2.26. The van der Waals surface area contributed by atoms with Crippen LogP contribution < -0.4 is 0 Å². The number of Topliss-reactive ketones (excluding diaryl/α,β-unsaturated/α-hetero) is 1. The van der Waals surface area contributed by atoms with Crippen molar-refractivity contribution < 1.29 is 4.79 Å². The number of carbonyl (C=O) groups is 1. The van der Waals surface area contributed by atoms with Crippen LogP contribution in [0.2, 0.25) is 0 Å². The van der Waals surface area contributed by atoms with Crippen molar-refractivity contribution in [1.29, 1.82) is 0 Å². The van der Waals surface area contributed by atoms with E-state index < -0.39 is 0 Å². The Hall–Kier alpha value is -0.390. The lowest BCUT2D eigenvalue weighted by atomic mass is 9.79. The molecule has 1 saturated carbocycles. The minimum Gasteiger partial charge on any atom is -0.300 e. The van der Waals surface area contributed by atoms with Crippen LogP contribution in [0.3, 0.4) is 0 Å². The summed E-state index contributed by atoms with van der Waals surface area (Å²) in [5.41, 5.74) is 1.33. The molecule has 88 valence electrons. The van der Waals surface area contributed by atoms with E-state index in [0.29, 0.717) is 17.6 Å². The zero-order valence-electron chi connectivity index (χ0n) is 9.74. The van der Waals surface area contributed by atoms with Crippen molar-refractivity contribution in [2.45, 2.75) is 38.5 Å². The van der Waals surface area contributed by atoms with Crippen molar-refractivity contribution in [3.05, 3.63) is 15.5 Å². The molecular formula is C12H17IN2O. The number of aryl methyl sites for hydroxylation is 1. The van der Waals surface area contributed by atoms with E-state index in [0.717, 1.165) is 29.4 Å². The van der Waals surface area contributed by atoms with Crippen molar-refractivity contribution in [1.82, 2.24) is 9.78 Å². The minimum absolute atomic E-state index is 0.309. The lowest BCUT2D eigenvalue weighted by molar-refractivity contribution is -0.121. The predicted octanol–water partition coefficient (Wildman–Crippen LogP) is 2.89. The Balaban J connectivity index is 2.04. The largest absolute Gasteiger partial charge is 0.300 e. The van der Waals surface area contributed by atoms with Crippen LogP contribution in [0.4, 0.5) is 0 Å². The van der Waals surface area contributed by atoms with Gasteiger partial charge in [0.1, 0.15) is 9.48 Å². The number of carbonyl (C=O) groups excluding carboxylic acids is 1. The molecular weight excluding hydrogens is 315 g/mol. The Kier molecular flexibility index (Phi) is 3.66. The van der Waals surface area contributed by atoms with Gasteiger partial charge in [0.15, 0.2) is 0 Å². The molecule has 3 nitrogen and oxygen atoms in total. The van der Waals surface area contributed by atoms with E-state index in [1.54, 1.807) is 6.92 Å². The molecule has 0 N–H and O–H groups in total. The molecule has 16 heavy (non-hydrogen) atoms. The fraction of sp³-hybridized carbons (Fsp3) is 0.667. The van der Waals surface area contributed by atoms with Gasteiger partial charge in [-0.3, -0.25) is 9.48 Å². The van der Waals surface area contributed by atoms with Gasteiger partial charge in [-0.2, -0.15) is 5.10 Å². The first-order valence-electron chi connectivity index (χ1n) is 5.78. The maximum atomic E-state index is 11.3. The van der Waals surface area contributed by atoms with Crippen molar-refractivity contribution in [2.24, 2.45) is 13.0 Å². The third kappa shape index (κ3) is 2.47. The molecule has 0 radical (unpaired) electrons. The first-order valence-corrected chi connectivity index (χ1v) is 6.85. The maximum absolute atomic E-state index is 11.3. The van der Waals surface area contributed by atoms with Crippen LogP contribution in [0.15, 0.2) is 6.07 Å². The summed E-state index contributed by atoms with van der Waals surface area (Å²) in [6.45, 7) is 1.72. The van der Waals surface area contributed by atoms with Gasteiger partial charge < -0.3 is 0 Å². The summed E-state index contributed by atoms with van der Waals surface area (Å²) in [6.07, 6.45) is 4.34. The van der Waals surface area contributed by atoms with Crippen LogP contribution in [-0.4, -0.2) is 15.6 Å². The highest BCUT2D eigenvalue weighted by Gasteiger charge is 2.26. The zero-order chi connectivity index (χ0) is 11.7. The molecule has 0 aromatic carbocycles. The van der Waals surface area contributed by atoms with Gasteiger partial charge in [0.05, 0.1) is 0 Å². The van der Waals surface area contributed by atoms with Crippen molar-refractivity contribution in [2.75, 3.05) is 0 Å². The molecule has 1 aromatic heterocycles. The van der Waals surface area contributed by atoms with Gasteiger partial charge in [0.2, 0.25) is 0 Å². The van der Waals surface area contributed by atoms with Crippen LogP contribution in [0.1, 0.15) is 44.2 Å². The molecule has 1 fully saturated rings. The second-order valence-electron chi connectivity index (χ2n) is 4.67. The van der Waals surface area contributed by atoms with Gasteiger partial charge in [-0.05, 0) is 61.3 Å². The zero-order valence-corrected chi connectivity index (χ0v) is 11.9. The van der Waals surface area contributed by atoms with Gasteiger partial charge in [-0.1, -0.05) is 0 Å². The van der Waals surface area contributed by atoms with Gasteiger partial charge in [0.25, 0.3) is 0 Å². The highest BCUT2D eigenvalue weighted by atomic mass is 127. The third-order valence-corrected chi connectivity index (χ3v) is 4.13. The number of nitrogens with zero attached hydrogens (tertiary/aromatic N) is 2. The van der Waals surface area contributed by atoms with E-state index in [1.807, 2.05) is 11.7 Å². The van der Waals surface area contributed by atoms with E-state index in [-0.39, 0.29) is 0 Å². The second-order valence-corrected chi connectivity index (χ2v) is 5.78. The predicted molar refractivity (Wildman–Crippen MR) is 71.3 cm³/mol. The normalized spacial score (nSPS) is 25.7. The first kappa shape index (κ1) is 12.1. The fourth-order valence-electron chi connectivity index (χ4n) is 2.62. The quantitative estimate of drug-likeness (QED) is 0.781. The number of aromatic nitrogens is 2. The molecule has 1 aliphatic rings. The Morgan fingerprint density at radius 2 is 2.06 bits per heavy atom. The number of ketones is 1. The summed E-state index contributed by atoms with van der Waals surface area (Å²) in [6, 6.07) is 2.17. The van der Waals surface area contributed by atoms with Crippen molar-refractivity contribution >= 4 is 28.4 Å². The monoisotopic (exact) mass is 332 g/mol. The first-order chi connectivity index (χ1) is 7.58. The summed E-state index contributed by atoms with van der Waals surface area (Å²) in [4.78, 5) is 11.3. The maximum Gasteiger partial charge on any atom is 0.132 e. The smallest absolute Gasteiger partial charge is 0.132 e. The van der Waals surface area contributed by atoms with Crippen LogP contribution in [0, 0.1) is 9.62 Å². The van der Waals surface area contributed by atoms with Gasteiger partial charge in [0, 0.05) is 24.6 Å². The SMILES string of the molecule is CC(=O)C1CCC(c2cc(I)nn2C)CC1. The third-order valence-electron chi connectivity index (χ3n) is 3.61. The molecule has 4 heteroatoms. The summed E-state index contributed by atoms with van der Waals surface area (Å²) in [7, 11) is 2.01. The Morgan fingerprint density at radius 1 is 1.44 bits per heavy atom. The standard InChI is InChI=1S/C12H17IN2O/c1-8(16)9-3-5-10(6-4-9)11-7-12(13)14-15(11)2/h7,9-10H,3-6H2,1-2H3. The topological polar surface area (TPSA) is 34.9 Å². The molecule has 2 rings (SSSR count). The molecule has 1 aromatic rings. The summed E-state index contributed by atoms with van der Waals surface area (Å²) in [5, 5.41) is 4.38. The van der Waals surface area contributed by atoms with Crippen LogP contribution in [-0.2, 0) is 11.8 Å². The van der Waals surface area contributed by atoms with Crippen molar-refractivity contribution in [3.63, 3.8) is 0 Å².